The third kappa shape index (κ3) is 4.65. The van der Waals surface area contributed by atoms with Gasteiger partial charge in [-0.1, -0.05) is 29.8 Å². The van der Waals surface area contributed by atoms with Crippen LogP contribution >= 0.6 is 11.6 Å². The van der Waals surface area contributed by atoms with E-state index < -0.39 is 0 Å². The minimum atomic E-state index is -0.313. The van der Waals surface area contributed by atoms with Crippen LogP contribution in [0.15, 0.2) is 24.3 Å². The molecule has 84 valence electrons. The molecule has 2 nitrogen and oxygen atoms in total. The maximum absolute atomic E-state index is 9.79. The molecule has 0 aromatic heterocycles. The lowest BCUT2D eigenvalue weighted by Gasteiger charge is -2.14. The van der Waals surface area contributed by atoms with Crippen molar-refractivity contribution in [3.05, 3.63) is 34.9 Å². The van der Waals surface area contributed by atoms with Gasteiger partial charge in [0.1, 0.15) is 0 Å². The summed E-state index contributed by atoms with van der Waals surface area (Å²) in [6.07, 6.45) is 1.10. The van der Waals surface area contributed by atoms with Gasteiger partial charge in [-0.15, -0.1) is 0 Å². The van der Waals surface area contributed by atoms with Gasteiger partial charge < -0.3 is 10.0 Å². The van der Waals surface area contributed by atoms with Gasteiger partial charge in [-0.2, -0.15) is 0 Å². The minimum Gasteiger partial charge on any atom is -0.393 e. The highest BCUT2D eigenvalue weighted by atomic mass is 35.5. The maximum Gasteiger partial charge on any atom is 0.0593 e. The van der Waals surface area contributed by atoms with E-state index in [0.29, 0.717) is 6.42 Å². The molecule has 1 atom stereocenters. The molecular formula is C12H18ClNO. The average molecular weight is 228 g/mol. The van der Waals surface area contributed by atoms with Gasteiger partial charge in [-0.05, 0) is 45.1 Å². The number of nitrogens with zero attached hydrogens (tertiary/aromatic N) is 1. The highest BCUT2D eigenvalue weighted by Crippen LogP contribution is 2.17. The fourth-order valence-electron chi connectivity index (χ4n) is 1.43. The lowest BCUT2D eigenvalue weighted by Crippen LogP contribution is -2.20. The molecule has 1 aromatic rings. The Morgan fingerprint density at radius 3 is 2.60 bits per heavy atom. The van der Waals surface area contributed by atoms with Crippen LogP contribution in [0, 0.1) is 0 Å². The zero-order chi connectivity index (χ0) is 11.3. The predicted octanol–water partition coefficient (Wildman–Crippen LogP) is 2.20. The Balaban J connectivity index is 2.44. The molecule has 0 aliphatic carbocycles. The Morgan fingerprint density at radius 1 is 1.33 bits per heavy atom. The third-order valence-corrected chi connectivity index (χ3v) is 2.69. The van der Waals surface area contributed by atoms with Crippen LogP contribution in [0.1, 0.15) is 12.0 Å². The van der Waals surface area contributed by atoms with Crippen molar-refractivity contribution in [3.8, 4) is 0 Å². The van der Waals surface area contributed by atoms with E-state index in [1.807, 2.05) is 38.4 Å². The van der Waals surface area contributed by atoms with Gasteiger partial charge in [0.15, 0.2) is 0 Å². The number of aliphatic hydroxyl groups is 1. The summed E-state index contributed by atoms with van der Waals surface area (Å²) < 4.78 is 0. The van der Waals surface area contributed by atoms with Crippen molar-refractivity contribution < 1.29 is 5.11 Å². The van der Waals surface area contributed by atoms with Gasteiger partial charge in [0.25, 0.3) is 0 Å². The number of halogens is 1. The summed E-state index contributed by atoms with van der Waals surface area (Å²) in [5, 5.41) is 10.5. The lowest BCUT2D eigenvalue weighted by atomic mass is 10.1. The normalized spacial score (nSPS) is 13.1. The van der Waals surface area contributed by atoms with Crippen molar-refractivity contribution in [3.63, 3.8) is 0 Å². The van der Waals surface area contributed by atoms with Crippen LogP contribution in [0.2, 0.25) is 5.02 Å². The first-order valence-electron chi connectivity index (χ1n) is 5.16. The molecule has 15 heavy (non-hydrogen) atoms. The molecule has 0 aliphatic heterocycles. The molecule has 1 N–H and O–H groups in total. The molecule has 1 rings (SSSR count). The standard InChI is InChI=1S/C12H18ClNO/c1-14(2)8-7-11(15)9-10-5-3-4-6-12(10)13/h3-6,11,15H,7-9H2,1-2H3. The molecule has 1 unspecified atom stereocenters. The fourth-order valence-corrected chi connectivity index (χ4v) is 1.64. The van der Waals surface area contributed by atoms with Crippen molar-refractivity contribution in [1.29, 1.82) is 0 Å². The molecule has 0 aliphatic rings. The summed E-state index contributed by atoms with van der Waals surface area (Å²) in [4.78, 5) is 2.07. The Labute approximate surface area is 96.5 Å². The second-order valence-electron chi connectivity index (χ2n) is 4.04. The van der Waals surface area contributed by atoms with Crippen molar-refractivity contribution in [2.45, 2.75) is 18.9 Å². The Bertz CT molecular complexity index is 301. The number of rotatable bonds is 5. The summed E-state index contributed by atoms with van der Waals surface area (Å²) >= 11 is 6.01. The molecule has 1 aromatic carbocycles. The van der Waals surface area contributed by atoms with Gasteiger partial charge in [0.05, 0.1) is 6.10 Å². The van der Waals surface area contributed by atoms with Gasteiger partial charge in [0.2, 0.25) is 0 Å². The Hall–Kier alpha value is -0.570. The topological polar surface area (TPSA) is 23.5 Å². The van der Waals surface area contributed by atoms with E-state index in [4.69, 9.17) is 11.6 Å². The zero-order valence-electron chi connectivity index (χ0n) is 9.28. The van der Waals surface area contributed by atoms with Gasteiger partial charge in [-0.25, -0.2) is 0 Å². The molecule has 0 saturated carbocycles. The lowest BCUT2D eigenvalue weighted by molar-refractivity contribution is 0.152. The summed E-state index contributed by atoms with van der Waals surface area (Å²) in [7, 11) is 4.00. The Kier molecular flexibility index (Phi) is 5.09. The van der Waals surface area contributed by atoms with Crippen LogP contribution in [0.3, 0.4) is 0 Å². The van der Waals surface area contributed by atoms with E-state index in [-0.39, 0.29) is 6.10 Å². The molecule has 3 heteroatoms. The molecular weight excluding hydrogens is 210 g/mol. The quantitative estimate of drug-likeness (QED) is 0.834. The minimum absolute atomic E-state index is 0.313. The largest absolute Gasteiger partial charge is 0.393 e. The molecule has 0 spiro atoms. The molecule has 0 radical (unpaired) electrons. The molecule has 0 saturated heterocycles. The fraction of sp³-hybridized carbons (Fsp3) is 0.500. The van der Waals surface area contributed by atoms with Crippen molar-refractivity contribution in [2.75, 3.05) is 20.6 Å². The molecule has 0 amide bonds. The van der Waals surface area contributed by atoms with Crippen molar-refractivity contribution >= 4 is 11.6 Å². The van der Waals surface area contributed by atoms with E-state index in [2.05, 4.69) is 4.90 Å². The SMILES string of the molecule is CN(C)CCC(O)Cc1ccccc1Cl. The third-order valence-electron chi connectivity index (χ3n) is 2.32. The molecule has 0 heterocycles. The van der Waals surface area contributed by atoms with Gasteiger partial charge >= 0.3 is 0 Å². The van der Waals surface area contributed by atoms with E-state index in [1.165, 1.54) is 0 Å². The monoisotopic (exact) mass is 227 g/mol. The van der Waals surface area contributed by atoms with Crippen LogP contribution in [0.5, 0.6) is 0 Å². The van der Waals surface area contributed by atoms with Crippen LogP contribution < -0.4 is 0 Å². The highest BCUT2D eigenvalue weighted by molar-refractivity contribution is 6.31. The van der Waals surface area contributed by atoms with Crippen LogP contribution in [0.25, 0.3) is 0 Å². The van der Waals surface area contributed by atoms with Crippen LogP contribution in [-0.4, -0.2) is 36.8 Å². The number of aliphatic hydroxyl groups excluding tert-OH is 1. The first kappa shape index (κ1) is 12.5. The number of hydrogen-bond donors (Lipinski definition) is 1. The second kappa shape index (κ2) is 6.11. The average Bonchev–Trinajstić information content (AvgIpc) is 2.18. The van der Waals surface area contributed by atoms with Crippen LogP contribution in [0.4, 0.5) is 0 Å². The van der Waals surface area contributed by atoms with Crippen molar-refractivity contribution in [1.82, 2.24) is 4.90 Å². The summed E-state index contributed by atoms with van der Waals surface area (Å²) in [5.41, 5.74) is 1.02. The number of hydrogen-bond acceptors (Lipinski definition) is 2. The highest BCUT2D eigenvalue weighted by Gasteiger charge is 2.08. The smallest absolute Gasteiger partial charge is 0.0593 e. The predicted molar refractivity (Wildman–Crippen MR) is 64.3 cm³/mol. The van der Waals surface area contributed by atoms with Crippen LogP contribution in [-0.2, 0) is 6.42 Å². The van der Waals surface area contributed by atoms with E-state index in [0.717, 1.165) is 23.6 Å². The zero-order valence-corrected chi connectivity index (χ0v) is 10.0. The van der Waals surface area contributed by atoms with E-state index in [9.17, 15) is 5.11 Å². The first-order chi connectivity index (χ1) is 7.09. The van der Waals surface area contributed by atoms with Gasteiger partial charge in [0, 0.05) is 5.02 Å². The summed E-state index contributed by atoms with van der Waals surface area (Å²) in [6.45, 7) is 0.894. The summed E-state index contributed by atoms with van der Waals surface area (Å²) in [5.74, 6) is 0. The summed E-state index contributed by atoms with van der Waals surface area (Å²) in [6, 6.07) is 7.66. The second-order valence-corrected chi connectivity index (χ2v) is 4.45. The van der Waals surface area contributed by atoms with Crippen molar-refractivity contribution in [2.24, 2.45) is 0 Å². The maximum atomic E-state index is 9.79. The molecule has 0 bridgehead atoms. The van der Waals surface area contributed by atoms with E-state index >= 15 is 0 Å². The molecule has 0 fully saturated rings. The number of benzene rings is 1. The van der Waals surface area contributed by atoms with E-state index in [1.54, 1.807) is 0 Å². The van der Waals surface area contributed by atoms with Gasteiger partial charge in [-0.3, -0.25) is 0 Å². The Morgan fingerprint density at radius 2 is 2.00 bits per heavy atom. The first-order valence-corrected chi connectivity index (χ1v) is 5.53.